The van der Waals surface area contributed by atoms with E-state index in [4.69, 9.17) is 9.47 Å². The normalized spacial score (nSPS) is 11.6. The number of amides is 2. The lowest BCUT2D eigenvalue weighted by Crippen LogP contribution is -2.32. The number of rotatable bonds is 6. The predicted molar refractivity (Wildman–Crippen MR) is 85.8 cm³/mol. The summed E-state index contributed by atoms with van der Waals surface area (Å²) in [6.07, 6.45) is -0.725. The molecule has 1 aromatic heterocycles. The molecule has 1 aromatic carbocycles. The Morgan fingerprint density at radius 2 is 1.95 bits per heavy atom. The van der Waals surface area contributed by atoms with Gasteiger partial charge in [-0.05, 0) is 22.4 Å². The highest BCUT2D eigenvalue weighted by Gasteiger charge is 2.10. The Labute approximate surface area is 132 Å². The molecule has 0 saturated carbocycles. The fourth-order valence-corrected chi connectivity index (χ4v) is 2.53. The SMILES string of the molecule is COc1cc(NC(=O)NCC(O)c2ccsc2)cc(OC)c1. The van der Waals surface area contributed by atoms with Crippen molar-refractivity contribution in [2.45, 2.75) is 6.10 Å². The molecule has 2 amide bonds. The van der Waals surface area contributed by atoms with Gasteiger partial charge in [0.2, 0.25) is 0 Å². The Kier molecular flexibility index (Phi) is 5.62. The van der Waals surface area contributed by atoms with Gasteiger partial charge in [-0.25, -0.2) is 4.79 Å². The average Bonchev–Trinajstić information content (AvgIpc) is 3.06. The van der Waals surface area contributed by atoms with Gasteiger partial charge in [-0.1, -0.05) is 0 Å². The Morgan fingerprint density at radius 3 is 2.50 bits per heavy atom. The van der Waals surface area contributed by atoms with E-state index in [-0.39, 0.29) is 6.54 Å². The molecule has 2 rings (SSSR count). The summed E-state index contributed by atoms with van der Waals surface area (Å²) in [4.78, 5) is 11.9. The summed E-state index contributed by atoms with van der Waals surface area (Å²) < 4.78 is 10.3. The summed E-state index contributed by atoms with van der Waals surface area (Å²) in [5.41, 5.74) is 1.33. The highest BCUT2D eigenvalue weighted by molar-refractivity contribution is 7.07. The van der Waals surface area contributed by atoms with Gasteiger partial charge < -0.3 is 25.2 Å². The predicted octanol–water partition coefficient (Wildman–Crippen LogP) is 2.62. The molecule has 0 aliphatic rings. The van der Waals surface area contributed by atoms with Crippen molar-refractivity contribution in [3.8, 4) is 11.5 Å². The molecule has 118 valence electrons. The molecule has 0 radical (unpaired) electrons. The summed E-state index contributed by atoms with van der Waals surface area (Å²) in [6.45, 7) is 0.129. The quantitative estimate of drug-likeness (QED) is 0.764. The van der Waals surface area contributed by atoms with E-state index in [2.05, 4.69) is 10.6 Å². The van der Waals surface area contributed by atoms with E-state index < -0.39 is 12.1 Å². The van der Waals surface area contributed by atoms with Gasteiger partial charge in [-0.3, -0.25) is 0 Å². The van der Waals surface area contributed by atoms with Crippen molar-refractivity contribution in [3.63, 3.8) is 0 Å². The van der Waals surface area contributed by atoms with E-state index in [1.165, 1.54) is 25.6 Å². The number of anilines is 1. The molecule has 0 fully saturated rings. The number of ether oxygens (including phenoxy) is 2. The number of hydrogen-bond donors (Lipinski definition) is 3. The van der Waals surface area contributed by atoms with Crippen molar-refractivity contribution >= 4 is 23.1 Å². The van der Waals surface area contributed by atoms with Crippen LogP contribution in [0.25, 0.3) is 0 Å². The molecular formula is C15H18N2O4S. The summed E-state index contributed by atoms with van der Waals surface area (Å²) in [5, 5.41) is 18.9. The third kappa shape index (κ3) is 4.37. The van der Waals surface area contributed by atoms with Crippen LogP contribution in [0.3, 0.4) is 0 Å². The van der Waals surface area contributed by atoms with E-state index >= 15 is 0 Å². The van der Waals surface area contributed by atoms with Gasteiger partial charge >= 0.3 is 6.03 Å². The molecule has 0 saturated heterocycles. The van der Waals surface area contributed by atoms with Crippen molar-refractivity contribution < 1.29 is 19.4 Å². The minimum Gasteiger partial charge on any atom is -0.497 e. The molecule has 1 heterocycles. The van der Waals surface area contributed by atoms with Crippen LogP contribution in [0.1, 0.15) is 11.7 Å². The number of methoxy groups -OCH3 is 2. The van der Waals surface area contributed by atoms with E-state index in [9.17, 15) is 9.90 Å². The number of nitrogens with one attached hydrogen (secondary N) is 2. The molecule has 0 aliphatic heterocycles. The van der Waals surface area contributed by atoms with Crippen LogP contribution in [0, 0.1) is 0 Å². The number of aliphatic hydroxyl groups is 1. The van der Waals surface area contributed by atoms with Crippen LogP contribution in [0.15, 0.2) is 35.0 Å². The van der Waals surface area contributed by atoms with Gasteiger partial charge in [0.05, 0.1) is 20.3 Å². The molecule has 2 aromatic rings. The average molecular weight is 322 g/mol. The maximum Gasteiger partial charge on any atom is 0.319 e. The van der Waals surface area contributed by atoms with E-state index in [0.717, 1.165) is 5.56 Å². The third-order valence-corrected chi connectivity index (χ3v) is 3.69. The topological polar surface area (TPSA) is 79.8 Å². The Morgan fingerprint density at radius 1 is 1.27 bits per heavy atom. The number of urea groups is 1. The standard InChI is InChI=1S/C15H18N2O4S/c1-20-12-5-11(6-13(7-12)21-2)17-15(19)16-8-14(18)10-3-4-22-9-10/h3-7,9,14,18H,8H2,1-2H3,(H2,16,17,19). The number of aliphatic hydroxyl groups excluding tert-OH is 1. The summed E-state index contributed by atoms with van der Waals surface area (Å²) in [6, 6.07) is 6.48. The lowest BCUT2D eigenvalue weighted by molar-refractivity contribution is 0.175. The van der Waals surface area contributed by atoms with Crippen LogP contribution in [-0.2, 0) is 0 Å². The van der Waals surface area contributed by atoms with Crippen LogP contribution in [0.5, 0.6) is 11.5 Å². The highest BCUT2D eigenvalue weighted by atomic mass is 32.1. The first-order chi connectivity index (χ1) is 10.6. The first-order valence-corrected chi connectivity index (χ1v) is 7.54. The van der Waals surface area contributed by atoms with Crippen LogP contribution < -0.4 is 20.1 Å². The van der Waals surface area contributed by atoms with Gasteiger partial charge in [0.25, 0.3) is 0 Å². The molecule has 22 heavy (non-hydrogen) atoms. The smallest absolute Gasteiger partial charge is 0.319 e. The number of thiophene rings is 1. The van der Waals surface area contributed by atoms with Crippen LogP contribution in [0.2, 0.25) is 0 Å². The van der Waals surface area contributed by atoms with Crippen molar-refractivity contribution in [1.29, 1.82) is 0 Å². The van der Waals surface area contributed by atoms with E-state index in [1.807, 2.05) is 16.8 Å². The second-order valence-corrected chi connectivity index (χ2v) is 5.29. The first kappa shape index (κ1) is 16.1. The first-order valence-electron chi connectivity index (χ1n) is 6.60. The summed E-state index contributed by atoms with van der Waals surface area (Å²) in [7, 11) is 3.08. The van der Waals surface area contributed by atoms with Crippen LogP contribution >= 0.6 is 11.3 Å². The van der Waals surface area contributed by atoms with Gasteiger partial charge in [-0.15, -0.1) is 0 Å². The number of hydrogen-bond acceptors (Lipinski definition) is 5. The summed E-state index contributed by atoms with van der Waals surface area (Å²) in [5.74, 6) is 1.15. The zero-order valence-corrected chi connectivity index (χ0v) is 13.1. The van der Waals surface area contributed by atoms with Crippen molar-refractivity contribution in [1.82, 2.24) is 5.32 Å². The maximum absolute atomic E-state index is 11.9. The molecule has 1 atom stereocenters. The summed E-state index contributed by atoms with van der Waals surface area (Å²) >= 11 is 1.50. The Hall–Kier alpha value is -2.25. The second-order valence-electron chi connectivity index (χ2n) is 4.51. The Balaban J connectivity index is 1.91. The molecule has 0 spiro atoms. The van der Waals surface area contributed by atoms with Gasteiger partial charge in [0, 0.05) is 30.4 Å². The fourth-order valence-electron chi connectivity index (χ4n) is 1.83. The fraction of sp³-hybridized carbons (Fsp3) is 0.267. The zero-order valence-electron chi connectivity index (χ0n) is 12.3. The molecule has 0 bridgehead atoms. The highest BCUT2D eigenvalue weighted by Crippen LogP contribution is 2.25. The largest absolute Gasteiger partial charge is 0.497 e. The van der Waals surface area contributed by atoms with E-state index in [0.29, 0.717) is 17.2 Å². The Bertz CT molecular complexity index is 594. The molecular weight excluding hydrogens is 304 g/mol. The minimum atomic E-state index is -0.725. The molecule has 3 N–H and O–H groups in total. The van der Waals surface area contributed by atoms with Crippen molar-refractivity contribution in [2.24, 2.45) is 0 Å². The molecule has 0 aliphatic carbocycles. The zero-order chi connectivity index (χ0) is 15.9. The van der Waals surface area contributed by atoms with E-state index in [1.54, 1.807) is 18.2 Å². The van der Waals surface area contributed by atoms with Crippen LogP contribution in [-0.4, -0.2) is 31.9 Å². The second kappa shape index (κ2) is 7.67. The number of benzene rings is 1. The lowest BCUT2D eigenvalue weighted by atomic mass is 10.2. The third-order valence-electron chi connectivity index (χ3n) is 2.99. The van der Waals surface area contributed by atoms with Gasteiger partial charge in [0.15, 0.2) is 0 Å². The molecule has 7 heteroatoms. The van der Waals surface area contributed by atoms with Gasteiger partial charge in [-0.2, -0.15) is 11.3 Å². The molecule has 1 unspecified atom stereocenters. The number of carbonyl (C=O) groups excluding carboxylic acids is 1. The van der Waals surface area contributed by atoms with Gasteiger partial charge in [0.1, 0.15) is 11.5 Å². The lowest BCUT2D eigenvalue weighted by Gasteiger charge is -2.13. The van der Waals surface area contributed by atoms with Crippen molar-refractivity contribution in [3.05, 3.63) is 40.6 Å². The molecule has 6 nitrogen and oxygen atoms in total. The minimum absolute atomic E-state index is 0.129. The maximum atomic E-state index is 11.9. The van der Waals surface area contributed by atoms with Crippen LogP contribution in [0.4, 0.5) is 10.5 Å². The monoisotopic (exact) mass is 322 g/mol. The van der Waals surface area contributed by atoms with Crippen molar-refractivity contribution in [2.75, 3.05) is 26.1 Å². The number of carbonyl (C=O) groups is 1.